The van der Waals surface area contributed by atoms with Gasteiger partial charge in [-0.05, 0) is 18.2 Å². The molecule has 4 heterocycles. The van der Waals surface area contributed by atoms with Gasteiger partial charge in [-0.2, -0.15) is 18.3 Å². The third-order valence-corrected chi connectivity index (χ3v) is 4.88. The lowest BCUT2D eigenvalue weighted by Crippen LogP contribution is -2.29. The van der Waals surface area contributed by atoms with Crippen molar-refractivity contribution in [3.8, 4) is 0 Å². The Bertz CT molecular complexity index is 785. The molecular weight excluding hydrogens is 335 g/mol. The number of nitrogens with one attached hydrogen (secondary N) is 1. The summed E-state index contributed by atoms with van der Waals surface area (Å²) in [5.41, 5.74) is -0.383. The number of aromatic amines is 1. The maximum atomic E-state index is 12.6. The second kappa shape index (κ2) is 5.75. The summed E-state index contributed by atoms with van der Waals surface area (Å²) < 4.78 is 37.8. The zero-order valence-electron chi connectivity index (χ0n) is 13.2. The van der Waals surface area contributed by atoms with Crippen LogP contribution in [0.2, 0.25) is 0 Å². The first-order chi connectivity index (χ1) is 11.9. The summed E-state index contributed by atoms with van der Waals surface area (Å²) in [7, 11) is 0. The van der Waals surface area contributed by atoms with Crippen LogP contribution in [-0.4, -0.2) is 41.4 Å². The Labute approximate surface area is 141 Å². The molecule has 0 amide bonds. The van der Waals surface area contributed by atoms with E-state index < -0.39 is 11.9 Å². The zero-order chi connectivity index (χ0) is 17.6. The summed E-state index contributed by atoms with van der Waals surface area (Å²) in [5.74, 6) is 1.57. The Hall–Kier alpha value is -2.58. The number of hydrogen-bond donors (Lipinski definition) is 1. The molecule has 6 nitrogen and oxygen atoms in total. The molecule has 2 fully saturated rings. The van der Waals surface area contributed by atoms with Crippen molar-refractivity contribution >= 4 is 11.5 Å². The molecule has 2 aliphatic heterocycles. The monoisotopic (exact) mass is 351 g/mol. The first-order valence-electron chi connectivity index (χ1n) is 7.99. The van der Waals surface area contributed by atoms with Crippen LogP contribution in [0.4, 0.5) is 24.7 Å². The number of rotatable bonds is 2. The van der Waals surface area contributed by atoms with Crippen LogP contribution in [0, 0.1) is 11.8 Å². The highest BCUT2D eigenvalue weighted by molar-refractivity contribution is 5.48. The minimum atomic E-state index is -4.41. The largest absolute Gasteiger partial charge is 0.433 e. The molecule has 0 aromatic carbocycles. The number of nitrogens with zero attached hydrogens (tertiary/aromatic N) is 4. The number of halogens is 3. The first kappa shape index (κ1) is 15.9. The topological polar surface area (TPSA) is 65.1 Å². The third kappa shape index (κ3) is 3.06. The van der Waals surface area contributed by atoms with Crippen LogP contribution >= 0.6 is 0 Å². The van der Waals surface area contributed by atoms with Crippen molar-refractivity contribution in [3.05, 3.63) is 46.5 Å². The maximum Gasteiger partial charge on any atom is 0.433 e. The van der Waals surface area contributed by atoms with Crippen LogP contribution in [0.25, 0.3) is 0 Å². The van der Waals surface area contributed by atoms with Crippen molar-refractivity contribution in [1.29, 1.82) is 0 Å². The molecule has 0 radical (unpaired) electrons. The van der Waals surface area contributed by atoms with Gasteiger partial charge in [0, 0.05) is 44.1 Å². The van der Waals surface area contributed by atoms with Crippen molar-refractivity contribution in [1.82, 2.24) is 15.2 Å². The number of anilines is 2. The average molecular weight is 351 g/mol. The van der Waals surface area contributed by atoms with E-state index in [2.05, 4.69) is 25.0 Å². The van der Waals surface area contributed by atoms with E-state index >= 15 is 0 Å². The molecule has 2 aromatic heterocycles. The quantitative estimate of drug-likeness (QED) is 0.893. The number of H-pyrrole nitrogens is 1. The molecule has 2 aromatic rings. The van der Waals surface area contributed by atoms with Gasteiger partial charge in [0.1, 0.15) is 11.5 Å². The molecule has 0 saturated carbocycles. The molecule has 0 bridgehead atoms. The average Bonchev–Trinajstić information content (AvgIpc) is 3.14. The molecule has 0 spiro atoms. The molecular formula is C16H16F3N5O. The minimum absolute atomic E-state index is 0.232. The number of aromatic nitrogens is 3. The van der Waals surface area contributed by atoms with Crippen LogP contribution < -0.4 is 15.4 Å². The standard InChI is InChI=1S/C16H16F3N5O/c17-16(18,19)13-2-1-12(5-20-13)23-6-10-8-24(9-11(10)7-23)14-3-4-15(25)22-21-14/h1-5,10-11H,6-9H2,(H,22,25). The lowest BCUT2D eigenvalue weighted by molar-refractivity contribution is -0.141. The Balaban J connectivity index is 1.42. The van der Waals surface area contributed by atoms with Gasteiger partial charge < -0.3 is 9.80 Å². The van der Waals surface area contributed by atoms with Crippen LogP contribution in [0.3, 0.4) is 0 Å². The van der Waals surface area contributed by atoms with E-state index in [1.54, 1.807) is 6.07 Å². The number of pyridine rings is 1. The van der Waals surface area contributed by atoms with Gasteiger partial charge in [-0.25, -0.2) is 10.1 Å². The molecule has 132 valence electrons. The smallest absolute Gasteiger partial charge is 0.370 e. The van der Waals surface area contributed by atoms with Crippen molar-refractivity contribution in [2.24, 2.45) is 11.8 Å². The summed E-state index contributed by atoms with van der Waals surface area (Å²) >= 11 is 0. The molecule has 2 atom stereocenters. The molecule has 4 rings (SSSR count). The van der Waals surface area contributed by atoms with E-state index in [-0.39, 0.29) is 5.56 Å². The fourth-order valence-electron chi connectivity index (χ4n) is 3.65. The Morgan fingerprint density at radius 1 is 1.00 bits per heavy atom. The van der Waals surface area contributed by atoms with E-state index in [1.807, 2.05) is 0 Å². The molecule has 9 heteroatoms. The predicted octanol–water partition coefficient (Wildman–Crippen LogP) is 1.76. The maximum absolute atomic E-state index is 12.6. The SMILES string of the molecule is O=c1ccc(N2CC3CN(c4ccc(C(F)(F)F)nc4)CC3C2)n[nH]1. The van der Waals surface area contributed by atoms with Crippen molar-refractivity contribution in [2.75, 3.05) is 36.0 Å². The highest BCUT2D eigenvalue weighted by atomic mass is 19.4. The van der Waals surface area contributed by atoms with Crippen molar-refractivity contribution in [3.63, 3.8) is 0 Å². The second-order valence-corrected chi connectivity index (χ2v) is 6.51. The summed E-state index contributed by atoms with van der Waals surface area (Å²) in [6.07, 6.45) is -3.12. The van der Waals surface area contributed by atoms with Crippen LogP contribution in [0.1, 0.15) is 5.69 Å². The van der Waals surface area contributed by atoms with E-state index in [9.17, 15) is 18.0 Å². The Morgan fingerprint density at radius 3 is 2.20 bits per heavy atom. The molecule has 2 unspecified atom stereocenters. The second-order valence-electron chi connectivity index (χ2n) is 6.51. The van der Waals surface area contributed by atoms with Crippen LogP contribution in [0.5, 0.6) is 0 Å². The predicted molar refractivity (Wildman–Crippen MR) is 85.5 cm³/mol. The molecule has 1 N–H and O–H groups in total. The lowest BCUT2D eigenvalue weighted by atomic mass is 10.0. The van der Waals surface area contributed by atoms with Crippen molar-refractivity contribution in [2.45, 2.75) is 6.18 Å². The molecule has 0 aliphatic carbocycles. The van der Waals surface area contributed by atoms with Gasteiger partial charge in [0.05, 0.1) is 11.9 Å². The van der Waals surface area contributed by atoms with Crippen molar-refractivity contribution < 1.29 is 13.2 Å². The number of fused-ring (bicyclic) bond motifs is 1. The van der Waals surface area contributed by atoms with Gasteiger partial charge >= 0.3 is 6.18 Å². The van der Waals surface area contributed by atoms with Gasteiger partial charge in [-0.1, -0.05) is 0 Å². The molecule has 2 aliphatic rings. The minimum Gasteiger partial charge on any atom is -0.370 e. The third-order valence-electron chi connectivity index (χ3n) is 4.88. The van der Waals surface area contributed by atoms with Gasteiger partial charge in [-0.15, -0.1) is 0 Å². The zero-order valence-corrected chi connectivity index (χ0v) is 13.2. The Kier molecular flexibility index (Phi) is 3.66. The van der Waals surface area contributed by atoms with E-state index in [0.29, 0.717) is 11.8 Å². The van der Waals surface area contributed by atoms with E-state index in [1.165, 1.54) is 18.3 Å². The van der Waals surface area contributed by atoms with Crippen LogP contribution in [0.15, 0.2) is 35.3 Å². The van der Waals surface area contributed by atoms with Gasteiger partial charge in [0.2, 0.25) is 0 Å². The van der Waals surface area contributed by atoms with E-state index in [0.717, 1.165) is 43.8 Å². The number of hydrogen-bond acceptors (Lipinski definition) is 5. The molecule has 25 heavy (non-hydrogen) atoms. The summed E-state index contributed by atoms with van der Waals surface area (Å²) in [4.78, 5) is 18.9. The normalized spacial score (nSPS) is 23.2. The highest BCUT2D eigenvalue weighted by Crippen LogP contribution is 2.36. The fraction of sp³-hybridized carbons (Fsp3) is 0.438. The number of alkyl halides is 3. The van der Waals surface area contributed by atoms with Gasteiger partial charge in [0.25, 0.3) is 5.56 Å². The highest BCUT2D eigenvalue weighted by Gasteiger charge is 2.41. The fourth-order valence-corrected chi connectivity index (χ4v) is 3.65. The lowest BCUT2D eigenvalue weighted by Gasteiger charge is -2.23. The Morgan fingerprint density at radius 2 is 1.68 bits per heavy atom. The van der Waals surface area contributed by atoms with Gasteiger partial charge in [0.15, 0.2) is 0 Å². The molecule has 2 saturated heterocycles. The van der Waals surface area contributed by atoms with Gasteiger partial charge in [-0.3, -0.25) is 4.79 Å². The van der Waals surface area contributed by atoms with E-state index in [4.69, 9.17) is 0 Å². The van der Waals surface area contributed by atoms with Crippen LogP contribution in [-0.2, 0) is 6.18 Å². The summed E-state index contributed by atoms with van der Waals surface area (Å²) in [6, 6.07) is 5.67. The summed E-state index contributed by atoms with van der Waals surface area (Å²) in [5, 5.41) is 6.49. The first-order valence-corrected chi connectivity index (χ1v) is 7.99. The summed E-state index contributed by atoms with van der Waals surface area (Å²) in [6.45, 7) is 3.18.